The Balaban J connectivity index is 1.64. The Morgan fingerprint density at radius 2 is 2.00 bits per heavy atom. The van der Waals surface area contributed by atoms with Crippen LogP contribution in [0.15, 0.2) is 36.7 Å². The molecule has 0 spiro atoms. The Labute approximate surface area is 159 Å². The molecule has 0 bridgehead atoms. The molecule has 1 atom stereocenters. The minimum absolute atomic E-state index is 0.123. The number of rotatable bonds is 6. The van der Waals surface area contributed by atoms with Gasteiger partial charge in [0.1, 0.15) is 12.4 Å². The molecule has 0 radical (unpaired) electrons. The summed E-state index contributed by atoms with van der Waals surface area (Å²) in [6.45, 7) is 1.52. The van der Waals surface area contributed by atoms with E-state index in [-0.39, 0.29) is 24.3 Å². The summed E-state index contributed by atoms with van der Waals surface area (Å²) < 4.78 is 1.79. The third-order valence-electron chi connectivity index (χ3n) is 5.02. The molecular weight excluding hydrogens is 342 g/mol. The highest BCUT2D eigenvalue weighted by Crippen LogP contribution is 2.26. The van der Waals surface area contributed by atoms with Gasteiger partial charge in [-0.3, -0.25) is 9.59 Å². The molecule has 0 aliphatic carbocycles. The first-order valence-corrected chi connectivity index (χ1v) is 9.27. The summed E-state index contributed by atoms with van der Waals surface area (Å²) in [7, 11) is 3.99. The summed E-state index contributed by atoms with van der Waals surface area (Å²) in [5.74, 6) is 0.708. The van der Waals surface area contributed by atoms with Gasteiger partial charge in [-0.2, -0.15) is 0 Å². The molecular formula is C20H27N5O2. The van der Waals surface area contributed by atoms with Crippen LogP contribution in [0.2, 0.25) is 0 Å². The van der Waals surface area contributed by atoms with Crippen molar-refractivity contribution in [3.63, 3.8) is 0 Å². The molecule has 1 aliphatic rings. The minimum atomic E-state index is -0.390. The quantitative estimate of drug-likeness (QED) is 0.834. The van der Waals surface area contributed by atoms with Crippen LogP contribution in [0.3, 0.4) is 0 Å². The highest BCUT2D eigenvalue weighted by molar-refractivity contribution is 5.79. The third-order valence-corrected chi connectivity index (χ3v) is 5.02. The number of hydrogen-bond acceptors (Lipinski definition) is 4. The number of amides is 2. The summed E-state index contributed by atoms with van der Waals surface area (Å²) in [5.41, 5.74) is 7.45. The van der Waals surface area contributed by atoms with Crippen molar-refractivity contribution >= 4 is 17.5 Å². The molecule has 2 heterocycles. The summed E-state index contributed by atoms with van der Waals surface area (Å²) in [4.78, 5) is 32.4. The Bertz CT molecular complexity index is 797. The van der Waals surface area contributed by atoms with Crippen LogP contribution in [0.5, 0.6) is 0 Å². The molecule has 3 rings (SSSR count). The number of likely N-dealkylation sites (tertiary alicyclic amines) is 1. The lowest BCUT2D eigenvalue weighted by Gasteiger charge is -2.32. The summed E-state index contributed by atoms with van der Waals surface area (Å²) >= 11 is 0. The molecule has 1 fully saturated rings. The zero-order valence-electron chi connectivity index (χ0n) is 16.0. The molecule has 1 aliphatic heterocycles. The van der Waals surface area contributed by atoms with Gasteiger partial charge in [-0.25, -0.2) is 4.98 Å². The highest BCUT2D eigenvalue weighted by atomic mass is 16.2. The SMILES string of the molecule is CN(C)c1ccc(CC(=O)N2CCC[C@@H](c3nccn3CC(N)=O)C2)cc1. The largest absolute Gasteiger partial charge is 0.378 e. The van der Waals surface area contributed by atoms with Crippen LogP contribution in [-0.2, 0) is 22.6 Å². The predicted molar refractivity (Wildman–Crippen MR) is 104 cm³/mol. The van der Waals surface area contributed by atoms with Crippen molar-refractivity contribution in [1.29, 1.82) is 0 Å². The van der Waals surface area contributed by atoms with E-state index in [1.54, 1.807) is 17.0 Å². The van der Waals surface area contributed by atoms with E-state index in [0.29, 0.717) is 13.0 Å². The Kier molecular flexibility index (Phi) is 5.78. The average Bonchev–Trinajstić information content (AvgIpc) is 3.09. The zero-order chi connectivity index (χ0) is 19.4. The van der Waals surface area contributed by atoms with Gasteiger partial charge >= 0.3 is 0 Å². The van der Waals surface area contributed by atoms with Gasteiger partial charge in [-0.1, -0.05) is 12.1 Å². The van der Waals surface area contributed by atoms with E-state index in [2.05, 4.69) is 4.98 Å². The van der Waals surface area contributed by atoms with Gasteiger partial charge in [-0.15, -0.1) is 0 Å². The summed E-state index contributed by atoms with van der Waals surface area (Å²) in [6.07, 6.45) is 5.74. The maximum Gasteiger partial charge on any atom is 0.237 e. The lowest BCUT2D eigenvalue weighted by atomic mass is 9.96. The molecule has 2 aromatic rings. The fraction of sp³-hybridized carbons (Fsp3) is 0.450. The van der Waals surface area contributed by atoms with Crippen molar-refractivity contribution in [3.8, 4) is 0 Å². The van der Waals surface area contributed by atoms with Gasteiger partial charge in [0.2, 0.25) is 11.8 Å². The smallest absolute Gasteiger partial charge is 0.237 e. The van der Waals surface area contributed by atoms with Crippen molar-refractivity contribution in [3.05, 3.63) is 48.0 Å². The number of benzene rings is 1. The lowest BCUT2D eigenvalue weighted by molar-refractivity contribution is -0.131. The number of imidazole rings is 1. The predicted octanol–water partition coefficient (Wildman–Crippen LogP) is 1.38. The number of nitrogens with zero attached hydrogens (tertiary/aromatic N) is 4. The van der Waals surface area contributed by atoms with E-state index in [4.69, 9.17) is 5.73 Å². The van der Waals surface area contributed by atoms with E-state index in [1.807, 2.05) is 48.2 Å². The second-order valence-electron chi connectivity index (χ2n) is 7.30. The molecule has 144 valence electrons. The molecule has 27 heavy (non-hydrogen) atoms. The number of carbonyl (C=O) groups excluding carboxylic acids is 2. The van der Waals surface area contributed by atoms with Crippen molar-refractivity contribution in [2.75, 3.05) is 32.1 Å². The topological polar surface area (TPSA) is 84.5 Å². The van der Waals surface area contributed by atoms with Crippen LogP contribution in [0.4, 0.5) is 5.69 Å². The average molecular weight is 369 g/mol. The minimum Gasteiger partial charge on any atom is -0.378 e. The fourth-order valence-electron chi connectivity index (χ4n) is 3.59. The van der Waals surface area contributed by atoms with E-state index >= 15 is 0 Å². The first-order chi connectivity index (χ1) is 12.9. The molecule has 1 saturated heterocycles. The third kappa shape index (κ3) is 4.67. The normalized spacial score (nSPS) is 17.0. The molecule has 2 amide bonds. The zero-order valence-corrected chi connectivity index (χ0v) is 16.0. The fourth-order valence-corrected chi connectivity index (χ4v) is 3.59. The molecule has 2 N–H and O–H groups in total. The summed E-state index contributed by atoms with van der Waals surface area (Å²) in [6, 6.07) is 8.08. The van der Waals surface area contributed by atoms with E-state index in [9.17, 15) is 9.59 Å². The Morgan fingerprint density at radius 1 is 1.26 bits per heavy atom. The number of nitrogens with two attached hydrogens (primary N) is 1. The van der Waals surface area contributed by atoms with Gasteiger partial charge in [0.25, 0.3) is 0 Å². The van der Waals surface area contributed by atoms with Crippen molar-refractivity contribution in [1.82, 2.24) is 14.5 Å². The molecule has 1 aromatic carbocycles. The van der Waals surface area contributed by atoms with Crippen LogP contribution in [0, 0.1) is 0 Å². The maximum atomic E-state index is 12.8. The number of carbonyl (C=O) groups is 2. The van der Waals surface area contributed by atoms with Gasteiger partial charge in [0, 0.05) is 51.2 Å². The standard InChI is InChI=1S/C20H27N5O2/c1-23(2)17-7-5-15(6-8-17)12-19(27)24-10-3-4-16(13-24)20-22-9-11-25(20)14-18(21)26/h5-9,11,16H,3-4,10,12-14H2,1-2H3,(H2,21,26)/t16-/m1/s1. The van der Waals surface area contributed by atoms with Gasteiger partial charge in [-0.05, 0) is 30.5 Å². The first-order valence-electron chi connectivity index (χ1n) is 9.27. The second-order valence-corrected chi connectivity index (χ2v) is 7.30. The van der Waals surface area contributed by atoms with Crippen molar-refractivity contribution < 1.29 is 9.59 Å². The maximum absolute atomic E-state index is 12.8. The van der Waals surface area contributed by atoms with Crippen LogP contribution in [-0.4, -0.2) is 53.5 Å². The monoisotopic (exact) mass is 369 g/mol. The number of piperidine rings is 1. The molecule has 0 saturated carbocycles. The number of anilines is 1. The number of aromatic nitrogens is 2. The first kappa shape index (κ1) is 18.9. The Morgan fingerprint density at radius 3 is 2.67 bits per heavy atom. The van der Waals surface area contributed by atoms with Crippen molar-refractivity contribution in [2.24, 2.45) is 5.73 Å². The van der Waals surface area contributed by atoms with Gasteiger partial charge < -0.3 is 20.1 Å². The van der Waals surface area contributed by atoms with Gasteiger partial charge in [0.05, 0.1) is 6.42 Å². The summed E-state index contributed by atoms with van der Waals surface area (Å²) in [5, 5.41) is 0. The number of hydrogen-bond donors (Lipinski definition) is 1. The van der Waals surface area contributed by atoms with E-state index in [0.717, 1.165) is 36.5 Å². The highest BCUT2D eigenvalue weighted by Gasteiger charge is 2.27. The molecule has 0 unspecified atom stereocenters. The van der Waals surface area contributed by atoms with Crippen LogP contribution >= 0.6 is 0 Å². The van der Waals surface area contributed by atoms with E-state index < -0.39 is 0 Å². The number of primary amides is 1. The molecule has 7 nitrogen and oxygen atoms in total. The molecule has 7 heteroatoms. The van der Waals surface area contributed by atoms with Gasteiger partial charge in [0.15, 0.2) is 0 Å². The van der Waals surface area contributed by atoms with Crippen LogP contribution in [0.25, 0.3) is 0 Å². The van der Waals surface area contributed by atoms with Crippen LogP contribution in [0.1, 0.15) is 30.1 Å². The van der Waals surface area contributed by atoms with Crippen LogP contribution < -0.4 is 10.6 Å². The van der Waals surface area contributed by atoms with E-state index in [1.165, 1.54) is 0 Å². The molecule has 1 aromatic heterocycles. The Hall–Kier alpha value is -2.83. The second kappa shape index (κ2) is 8.24. The van der Waals surface area contributed by atoms with Crippen molar-refractivity contribution in [2.45, 2.75) is 31.7 Å². The lowest BCUT2D eigenvalue weighted by Crippen LogP contribution is -2.40.